The molecule has 1 aliphatic heterocycles. The van der Waals surface area contributed by atoms with E-state index in [1.165, 1.54) is 11.0 Å². The number of ether oxygens (including phenoxy) is 1. The molecule has 1 atom stereocenters. The van der Waals surface area contributed by atoms with Crippen molar-refractivity contribution in [3.63, 3.8) is 0 Å². The fourth-order valence-electron chi connectivity index (χ4n) is 2.23. The minimum absolute atomic E-state index is 0.331. The number of hydrogen-bond donors (Lipinski definition) is 1. The molecule has 8 heteroatoms. The zero-order chi connectivity index (χ0) is 15.4. The summed E-state index contributed by atoms with van der Waals surface area (Å²) in [7, 11) is 0. The van der Waals surface area contributed by atoms with Gasteiger partial charge in [0.15, 0.2) is 6.61 Å². The summed E-state index contributed by atoms with van der Waals surface area (Å²) in [5.74, 6) is -1.54. The Hall–Kier alpha value is -1.60. The lowest BCUT2D eigenvalue weighted by Crippen LogP contribution is -2.51. The number of esters is 1. The molecule has 2 N–H and O–H groups in total. The van der Waals surface area contributed by atoms with Crippen LogP contribution >= 0.6 is 22.9 Å². The van der Waals surface area contributed by atoms with Crippen LogP contribution < -0.4 is 5.73 Å². The standard InChI is InChI=1S/C13H15ClN2O4S/c14-10-5-4-9(21-10)13(19)20-7-11(17)16-6-2-1-3-8(16)12(15)18/h4-5,8H,1-3,6-7H2,(H2,15,18)/t8-/m0/s1. The van der Waals surface area contributed by atoms with E-state index < -0.39 is 30.4 Å². The van der Waals surface area contributed by atoms with Crippen LogP contribution in [0.2, 0.25) is 4.34 Å². The van der Waals surface area contributed by atoms with E-state index >= 15 is 0 Å². The van der Waals surface area contributed by atoms with E-state index in [2.05, 4.69) is 0 Å². The third-order valence-electron chi connectivity index (χ3n) is 3.25. The van der Waals surface area contributed by atoms with Gasteiger partial charge in [0.05, 0.1) is 4.34 Å². The smallest absolute Gasteiger partial charge is 0.348 e. The number of amides is 2. The lowest BCUT2D eigenvalue weighted by molar-refractivity contribution is -0.143. The van der Waals surface area contributed by atoms with Gasteiger partial charge >= 0.3 is 5.97 Å². The van der Waals surface area contributed by atoms with Crippen molar-refractivity contribution in [2.75, 3.05) is 13.2 Å². The van der Waals surface area contributed by atoms with Crippen LogP contribution in [0.15, 0.2) is 12.1 Å². The van der Waals surface area contributed by atoms with Crippen molar-refractivity contribution in [3.05, 3.63) is 21.3 Å². The third-order valence-corrected chi connectivity index (χ3v) is 4.46. The first-order chi connectivity index (χ1) is 9.99. The fourth-order valence-corrected chi connectivity index (χ4v) is 3.17. The van der Waals surface area contributed by atoms with E-state index in [9.17, 15) is 14.4 Å². The van der Waals surface area contributed by atoms with Crippen molar-refractivity contribution in [2.24, 2.45) is 5.73 Å². The zero-order valence-electron chi connectivity index (χ0n) is 11.2. The first-order valence-corrected chi connectivity index (χ1v) is 7.69. The van der Waals surface area contributed by atoms with Crippen molar-refractivity contribution in [3.8, 4) is 0 Å². The SMILES string of the molecule is NC(=O)[C@@H]1CCCCN1C(=O)COC(=O)c1ccc(Cl)s1. The molecule has 1 aliphatic rings. The van der Waals surface area contributed by atoms with Gasteiger partial charge in [-0.15, -0.1) is 11.3 Å². The molecule has 0 saturated carbocycles. The Bertz CT molecular complexity index is 560. The number of thiophene rings is 1. The molecule has 114 valence electrons. The predicted molar refractivity (Wildman–Crippen MR) is 78.2 cm³/mol. The Balaban J connectivity index is 1.91. The first kappa shape index (κ1) is 15.8. The molecule has 0 spiro atoms. The van der Waals surface area contributed by atoms with Gasteiger partial charge < -0.3 is 15.4 Å². The molecule has 0 radical (unpaired) electrons. The monoisotopic (exact) mass is 330 g/mol. The van der Waals surface area contributed by atoms with Crippen molar-refractivity contribution < 1.29 is 19.1 Å². The largest absolute Gasteiger partial charge is 0.451 e. The van der Waals surface area contributed by atoms with Crippen molar-refractivity contribution in [1.82, 2.24) is 4.90 Å². The van der Waals surface area contributed by atoms with Crippen LogP contribution in [0.5, 0.6) is 0 Å². The Morgan fingerprint density at radius 3 is 2.76 bits per heavy atom. The normalized spacial score (nSPS) is 18.3. The fraction of sp³-hybridized carbons (Fsp3) is 0.462. The maximum Gasteiger partial charge on any atom is 0.348 e. The van der Waals surface area contributed by atoms with Crippen LogP contribution in [0.1, 0.15) is 28.9 Å². The number of carbonyl (C=O) groups is 3. The lowest BCUT2D eigenvalue weighted by Gasteiger charge is -2.33. The van der Waals surface area contributed by atoms with Crippen LogP contribution in [0.4, 0.5) is 0 Å². The summed E-state index contributed by atoms with van der Waals surface area (Å²) in [6.45, 7) is 0.0486. The molecule has 2 heterocycles. The van der Waals surface area contributed by atoms with Gasteiger partial charge in [-0.25, -0.2) is 4.79 Å². The van der Waals surface area contributed by atoms with E-state index in [0.717, 1.165) is 24.2 Å². The number of hydrogen-bond acceptors (Lipinski definition) is 5. The predicted octanol–water partition coefficient (Wildman–Crippen LogP) is 1.42. The molecule has 0 bridgehead atoms. The summed E-state index contributed by atoms with van der Waals surface area (Å²) in [4.78, 5) is 36.9. The summed E-state index contributed by atoms with van der Waals surface area (Å²) in [6.07, 6.45) is 2.21. The van der Waals surface area contributed by atoms with Gasteiger partial charge in [0, 0.05) is 6.54 Å². The highest BCUT2D eigenvalue weighted by atomic mass is 35.5. The second-order valence-electron chi connectivity index (χ2n) is 4.68. The minimum Gasteiger partial charge on any atom is -0.451 e. The molecule has 0 aromatic carbocycles. The summed E-state index contributed by atoms with van der Waals surface area (Å²) in [5.41, 5.74) is 5.29. The van der Waals surface area contributed by atoms with Gasteiger partial charge in [0.1, 0.15) is 10.9 Å². The summed E-state index contributed by atoms with van der Waals surface area (Å²) in [5, 5.41) is 0. The molecular formula is C13H15ClN2O4S. The van der Waals surface area contributed by atoms with Gasteiger partial charge in [0.2, 0.25) is 5.91 Å². The molecule has 0 unspecified atom stereocenters. The van der Waals surface area contributed by atoms with Gasteiger partial charge in [-0.3, -0.25) is 9.59 Å². The second kappa shape index (κ2) is 6.91. The van der Waals surface area contributed by atoms with Crippen LogP contribution in [0.3, 0.4) is 0 Å². The van der Waals surface area contributed by atoms with E-state index in [0.29, 0.717) is 22.2 Å². The molecule has 0 aliphatic carbocycles. The Kier molecular flexibility index (Phi) is 5.19. The maximum absolute atomic E-state index is 12.1. The summed E-state index contributed by atoms with van der Waals surface area (Å²) < 4.78 is 5.42. The number of rotatable bonds is 4. The molecule has 1 fully saturated rings. The van der Waals surface area contributed by atoms with E-state index in [-0.39, 0.29) is 0 Å². The number of nitrogens with zero attached hydrogens (tertiary/aromatic N) is 1. The molecule has 1 saturated heterocycles. The molecule has 2 amide bonds. The van der Waals surface area contributed by atoms with Crippen LogP contribution in [0.25, 0.3) is 0 Å². The number of carbonyl (C=O) groups excluding carboxylic acids is 3. The number of likely N-dealkylation sites (tertiary alicyclic amines) is 1. The zero-order valence-corrected chi connectivity index (χ0v) is 12.8. The van der Waals surface area contributed by atoms with E-state index in [1.807, 2.05) is 0 Å². The highest BCUT2D eigenvalue weighted by Crippen LogP contribution is 2.22. The highest BCUT2D eigenvalue weighted by molar-refractivity contribution is 7.17. The molecule has 21 heavy (non-hydrogen) atoms. The molecule has 1 aromatic rings. The molecular weight excluding hydrogens is 316 g/mol. The number of halogens is 1. The van der Waals surface area contributed by atoms with Gasteiger partial charge in [-0.05, 0) is 31.4 Å². The van der Waals surface area contributed by atoms with Crippen LogP contribution in [-0.4, -0.2) is 41.9 Å². The van der Waals surface area contributed by atoms with Gasteiger partial charge in [-0.2, -0.15) is 0 Å². The average Bonchev–Trinajstić information content (AvgIpc) is 2.91. The van der Waals surface area contributed by atoms with Crippen LogP contribution in [0, 0.1) is 0 Å². The second-order valence-corrected chi connectivity index (χ2v) is 6.40. The van der Waals surface area contributed by atoms with Gasteiger partial charge in [-0.1, -0.05) is 11.6 Å². The summed E-state index contributed by atoms with van der Waals surface area (Å²) in [6, 6.07) is 2.51. The lowest BCUT2D eigenvalue weighted by atomic mass is 10.0. The minimum atomic E-state index is -0.610. The number of nitrogens with two attached hydrogens (primary N) is 1. The topological polar surface area (TPSA) is 89.7 Å². The molecule has 2 rings (SSSR count). The summed E-state index contributed by atoms with van der Waals surface area (Å²) >= 11 is 6.81. The first-order valence-electron chi connectivity index (χ1n) is 6.50. The van der Waals surface area contributed by atoms with E-state index in [1.54, 1.807) is 6.07 Å². The third kappa shape index (κ3) is 3.95. The molecule has 1 aromatic heterocycles. The highest BCUT2D eigenvalue weighted by Gasteiger charge is 2.31. The van der Waals surface area contributed by atoms with Crippen molar-refractivity contribution in [1.29, 1.82) is 0 Å². The van der Waals surface area contributed by atoms with Gasteiger partial charge in [0.25, 0.3) is 5.91 Å². The van der Waals surface area contributed by atoms with Crippen LogP contribution in [-0.2, 0) is 14.3 Å². The Morgan fingerprint density at radius 2 is 2.14 bits per heavy atom. The van der Waals surface area contributed by atoms with Crippen molar-refractivity contribution >= 4 is 40.7 Å². The number of primary amides is 1. The molecule has 6 nitrogen and oxygen atoms in total. The maximum atomic E-state index is 12.1. The Morgan fingerprint density at radius 1 is 1.38 bits per heavy atom. The number of piperidine rings is 1. The Labute approximate surface area is 130 Å². The average molecular weight is 331 g/mol. The quantitative estimate of drug-likeness (QED) is 0.845. The van der Waals surface area contributed by atoms with Crippen molar-refractivity contribution in [2.45, 2.75) is 25.3 Å². The van der Waals surface area contributed by atoms with E-state index in [4.69, 9.17) is 22.1 Å².